The molecule has 0 saturated carbocycles. The molecule has 0 bridgehead atoms. The van der Waals surface area contributed by atoms with Gasteiger partial charge >= 0.3 is 0 Å². The second kappa shape index (κ2) is 5.11. The third-order valence-corrected chi connectivity index (χ3v) is 3.66. The molecular weight excluding hydrogens is 238 g/mol. The van der Waals surface area contributed by atoms with E-state index >= 15 is 0 Å². The molecule has 100 valence electrons. The highest BCUT2D eigenvalue weighted by Gasteiger charge is 2.28. The lowest BCUT2D eigenvalue weighted by Crippen LogP contribution is -2.43. The Balaban J connectivity index is 1.87. The summed E-state index contributed by atoms with van der Waals surface area (Å²) in [4.78, 5) is 11.2. The number of imidazole rings is 1. The van der Waals surface area contributed by atoms with Crippen LogP contribution in [-0.4, -0.2) is 32.0 Å². The number of hydrogen-bond acceptors (Lipinski definition) is 4. The van der Waals surface area contributed by atoms with Crippen molar-refractivity contribution in [2.45, 2.75) is 32.1 Å². The maximum atomic E-state index is 6.19. The topological polar surface area (TPSA) is 60.0 Å². The lowest BCUT2D eigenvalue weighted by Gasteiger charge is -2.36. The highest BCUT2D eigenvalue weighted by molar-refractivity contribution is 5.12. The molecule has 2 aromatic heterocycles. The second-order valence-electron chi connectivity index (χ2n) is 5.07. The van der Waals surface area contributed by atoms with Crippen LogP contribution in [0.5, 0.6) is 0 Å². The van der Waals surface area contributed by atoms with Gasteiger partial charge in [0, 0.05) is 37.7 Å². The van der Waals surface area contributed by atoms with Gasteiger partial charge in [0.05, 0.1) is 18.3 Å². The van der Waals surface area contributed by atoms with Gasteiger partial charge in [-0.3, -0.25) is 9.88 Å². The summed E-state index contributed by atoms with van der Waals surface area (Å²) < 4.78 is 2.20. The Morgan fingerprint density at radius 3 is 2.84 bits per heavy atom. The van der Waals surface area contributed by atoms with Crippen molar-refractivity contribution in [1.29, 1.82) is 0 Å². The summed E-state index contributed by atoms with van der Waals surface area (Å²) in [5.74, 6) is 1.10. The molecular formula is C14H19N5. The summed E-state index contributed by atoms with van der Waals surface area (Å²) in [6.07, 6.45) is 5.73. The van der Waals surface area contributed by atoms with E-state index < -0.39 is 0 Å². The number of aromatic nitrogens is 3. The molecule has 3 rings (SSSR count). The fourth-order valence-electron chi connectivity index (χ4n) is 2.77. The van der Waals surface area contributed by atoms with Crippen LogP contribution in [0.2, 0.25) is 0 Å². The second-order valence-corrected chi connectivity index (χ2v) is 5.07. The Morgan fingerprint density at radius 1 is 1.21 bits per heavy atom. The van der Waals surface area contributed by atoms with Crippen molar-refractivity contribution in [2.24, 2.45) is 5.73 Å². The van der Waals surface area contributed by atoms with Crippen LogP contribution in [0, 0.1) is 0 Å². The fraction of sp³-hybridized carbons (Fsp3) is 0.429. The standard InChI is InChI=1S/C14H19N5/c1-11(15)14(12-4-2-3-5-16-12)19-9-8-18-7-6-17-13(18)10-19/h2-7,11,14H,8-10,15H2,1H3. The van der Waals surface area contributed by atoms with Crippen LogP contribution in [0.1, 0.15) is 24.5 Å². The molecule has 0 aliphatic carbocycles. The molecule has 0 spiro atoms. The Labute approximate surface area is 113 Å². The van der Waals surface area contributed by atoms with Gasteiger partial charge in [0.1, 0.15) is 5.82 Å². The van der Waals surface area contributed by atoms with Gasteiger partial charge in [0.2, 0.25) is 0 Å². The number of nitrogens with zero attached hydrogens (tertiary/aromatic N) is 4. The lowest BCUT2D eigenvalue weighted by atomic mass is 10.0. The average Bonchev–Trinajstić information content (AvgIpc) is 2.87. The molecule has 2 N–H and O–H groups in total. The first-order valence-corrected chi connectivity index (χ1v) is 6.66. The molecule has 5 heteroatoms. The normalized spacial score (nSPS) is 18.8. The first-order chi connectivity index (χ1) is 9.25. The Morgan fingerprint density at radius 2 is 2.11 bits per heavy atom. The molecule has 2 atom stereocenters. The van der Waals surface area contributed by atoms with E-state index in [1.54, 1.807) is 0 Å². The predicted octanol–water partition coefficient (Wildman–Crippen LogP) is 1.18. The van der Waals surface area contributed by atoms with Crippen LogP contribution in [0.15, 0.2) is 36.8 Å². The summed E-state index contributed by atoms with van der Waals surface area (Å²) in [6, 6.07) is 6.19. The molecule has 0 radical (unpaired) electrons. The third kappa shape index (κ3) is 2.39. The van der Waals surface area contributed by atoms with E-state index in [0.717, 1.165) is 31.2 Å². The van der Waals surface area contributed by atoms with Gasteiger partial charge in [0.25, 0.3) is 0 Å². The molecule has 5 nitrogen and oxygen atoms in total. The number of hydrogen-bond donors (Lipinski definition) is 1. The van der Waals surface area contributed by atoms with Crippen molar-refractivity contribution in [3.63, 3.8) is 0 Å². The van der Waals surface area contributed by atoms with Gasteiger partial charge in [0.15, 0.2) is 0 Å². The van der Waals surface area contributed by atoms with Crippen LogP contribution in [0.25, 0.3) is 0 Å². The van der Waals surface area contributed by atoms with Gasteiger partial charge in [-0.05, 0) is 19.1 Å². The van der Waals surface area contributed by atoms with E-state index in [1.807, 2.05) is 37.6 Å². The molecule has 0 saturated heterocycles. The first-order valence-electron chi connectivity index (χ1n) is 6.66. The Bertz CT molecular complexity index is 534. The number of rotatable bonds is 3. The van der Waals surface area contributed by atoms with Gasteiger partial charge < -0.3 is 10.3 Å². The molecule has 0 amide bonds. The largest absolute Gasteiger partial charge is 0.333 e. The molecule has 1 aliphatic rings. The maximum Gasteiger partial charge on any atom is 0.122 e. The van der Waals surface area contributed by atoms with Crippen molar-refractivity contribution >= 4 is 0 Å². The molecule has 0 aromatic carbocycles. The lowest BCUT2D eigenvalue weighted by molar-refractivity contribution is 0.133. The molecule has 2 unspecified atom stereocenters. The molecule has 2 aromatic rings. The van der Waals surface area contributed by atoms with Crippen molar-refractivity contribution in [3.8, 4) is 0 Å². The Kier molecular flexibility index (Phi) is 3.31. The van der Waals surface area contributed by atoms with Crippen LogP contribution < -0.4 is 5.73 Å². The zero-order chi connectivity index (χ0) is 13.2. The SMILES string of the molecule is CC(N)C(c1ccccn1)N1CCn2ccnc2C1. The van der Waals surface area contributed by atoms with E-state index in [-0.39, 0.29) is 12.1 Å². The van der Waals surface area contributed by atoms with E-state index in [1.165, 1.54) is 0 Å². The monoisotopic (exact) mass is 257 g/mol. The quantitative estimate of drug-likeness (QED) is 0.897. The van der Waals surface area contributed by atoms with Crippen molar-refractivity contribution in [2.75, 3.05) is 6.54 Å². The molecule has 19 heavy (non-hydrogen) atoms. The number of pyridine rings is 1. The first kappa shape index (κ1) is 12.3. The summed E-state index contributed by atoms with van der Waals surface area (Å²) in [5.41, 5.74) is 7.23. The minimum absolute atomic E-state index is 0.0383. The number of nitrogens with two attached hydrogens (primary N) is 1. The smallest absolute Gasteiger partial charge is 0.122 e. The average molecular weight is 257 g/mol. The highest BCUT2D eigenvalue weighted by atomic mass is 15.3. The summed E-state index contributed by atoms with van der Waals surface area (Å²) >= 11 is 0. The molecule has 3 heterocycles. The van der Waals surface area contributed by atoms with Crippen molar-refractivity contribution < 1.29 is 0 Å². The van der Waals surface area contributed by atoms with Gasteiger partial charge in [-0.25, -0.2) is 4.98 Å². The predicted molar refractivity (Wildman–Crippen MR) is 73.3 cm³/mol. The zero-order valence-electron chi connectivity index (χ0n) is 11.1. The van der Waals surface area contributed by atoms with Crippen LogP contribution in [-0.2, 0) is 13.1 Å². The van der Waals surface area contributed by atoms with Gasteiger partial charge in [-0.2, -0.15) is 0 Å². The van der Waals surface area contributed by atoms with E-state index in [0.29, 0.717) is 0 Å². The van der Waals surface area contributed by atoms with E-state index in [9.17, 15) is 0 Å². The summed E-state index contributed by atoms with van der Waals surface area (Å²) in [5, 5.41) is 0. The fourth-order valence-corrected chi connectivity index (χ4v) is 2.77. The van der Waals surface area contributed by atoms with Crippen molar-refractivity contribution in [1.82, 2.24) is 19.4 Å². The minimum Gasteiger partial charge on any atom is -0.333 e. The van der Waals surface area contributed by atoms with E-state index in [2.05, 4.69) is 25.5 Å². The molecule has 0 fully saturated rings. The van der Waals surface area contributed by atoms with Gasteiger partial charge in [-0.1, -0.05) is 6.07 Å². The number of fused-ring (bicyclic) bond motifs is 1. The van der Waals surface area contributed by atoms with Crippen molar-refractivity contribution in [3.05, 3.63) is 48.3 Å². The molecule has 1 aliphatic heterocycles. The Hall–Kier alpha value is -1.72. The van der Waals surface area contributed by atoms with Gasteiger partial charge in [-0.15, -0.1) is 0 Å². The minimum atomic E-state index is 0.0383. The van der Waals surface area contributed by atoms with Crippen LogP contribution in [0.3, 0.4) is 0 Å². The van der Waals surface area contributed by atoms with Crippen LogP contribution in [0.4, 0.5) is 0 Å². The maximum absolute atomic E-state index is 6.19. The zero-order valence-corrected chi connectivity index (χ0v) is 11.1. The third-order valence-electron chi connectivity index (χ3n) is 3.66. The van der Waals surface area contributed by atoms with Crippen LogP contribution >= 0.6 is 0 Å². The highest BCUT2D eigenvalue weighted by Crippen LogP contribution is 2.25. The van der Waals surface area contributed by atoms with E-state index in [4.69, 9.17) is 5.73 Å². The summed E-state index contributed by atoms with van der Waals surface area (Å²) in [7, 11) is 0. The summed E-state index contributed by atoms with van der Waals surface area (Å²) in [6.45, 7) is 4.81.